The lowest BCUT2D eigenvalue weighted by atomic mass is 9.85. The van der Waals surface area contributed by atoms with Crippen LogP contribution in [-0.4, -0.2) is 142 Å². The lowest BCUT2D eigenvalue weighted by molar-refractivity contribution is -0.144. The molecule has 2 aromatic rings. The second-order valence-electron chi connectivity index (χ2n) is 16.8. The summed E-state index contributed by atoms with van der Waals surface area (Å²) in [5.74, 6) is -1.62. The fraction of sp³-hybridized carbons (Fsp3) is 0.659. The van der Waals surface area contributed by atoms with Crippen LogP contribution in [-0.2, 0) is 58.2 Å². The number of rotatable bonds is 22. The molecule has 1 aliphatic heterocycles. The maximum atomic E-state index is 14.4. The molecule has 1 aromatic carbocycles. The average Bonchev–Trinajstić information content (AvgIpc) is 3.79. The van der Waals surface area contributed by atoms with Crippen LogP contribution in [0.2, 0.25) is 0 Å². The van der Waals surface area contributed by atoms with Gasteiger partial charge in [0.25, 0.3) is 0 Å². The monoisotopic (exact) mass is 929 g/mol. The third-order valence-electron chi connectivity index (χ3n) is 9.12. The maximum absolute atomic E-state index is 14.4. The zero-order chi connectivity index (χ0) is 46.3. The highest BCUT2D eigenvalue weighted by Crippen LogP contribution is 2.30. The minimum atomic E-state index is -3.41. The summed E-state index contributed by atoms with van der Waals surface area (Å²) in [7, 11) is -2.76. The van der Waals surface area contributed by atoms with Gasteiger partial charge in [-0.3, -0.25) is 14.4 Å². The van der Waals surface area contributed by atoms with Gasteiger partial charge in [0.1, 0.15) is 36.5 Å². The predicted octanol–water partition coefficient (Wildman–Crippen LogP) is 4.43. The molecule has 1 aliphatic rings. The Bertz CT molecular complexity index is 1900. The molecule has 0 aliphatic carbocycles. The number of aryl methyl sites for hydroxylation is 1. The zero-order valence-electron chi connectivity index (χ0n) is 37.3. The van der Waals surface area contributed by atoms with Crippen molar-refractivity contribution >= 4 is 61.0 Å². The summed E-state index contributed by atoms with van der Waals surface area (Å²) in [6.45, 7) is 16.7. The minimum absolute atomic E-state index is 0.0553. The van der Waals surface area contributed by atoms with Crippen LogP contribution < -0.4 is 16.0 Å². The Morgan fingerprint density at radius 3 is 2.15 bits per heavy atom. The van der Waals surface area contributed by atoms with Gasteiger partial charge < -0.3 is 49.3 Å². The molecule has 0 radical (unpaired) electrons. The Balaban J connectivity index is 1.58. The molecule has 2 heterocycles. The SMILES string of the molecule is Cc1ncsc1-c1ccc(CNC(=O)[C@@H]2C[C@@H](OC(=O)OC(C)C(C)SS(C)(=O)=O)CN2C(=O)[C@@H](NC(=O)COCCOCCOCCNC(=O)OC(C)(C)C)C(C)(C)C)cc1. The summed E-state index contributed by atoms with van der Waals surface area (Å²) in [4.78, 5) is 72.5. The van der Waals surface area contributed by atoms with Gasteiger partial charge >= 0.3 is 12.2 Å². The Morgan fingerprint density at radius 2 is 1.56 bits per heavy atom. The van der Waals surface area contributed by atoms with Crippen LogP contribution in [0.5, 0.6) is 0 Å². The van der Waals surface area contributed by atoms with Crippen molar-refractivity contribution in [2.24, 2.45) is 5.41 Å². The van der Waals surface area contributed by atoms with E-state index in [4.69, 9.17) is 28.4 Å². The molecule has 1 aromatic heterocycles. The number of hydrogen-bond acceptors (Lipinski definition) is 16. The molecule has 1 saturated heterocycles. The number of thiazole rings is 1. The number of alkyl carbamates (subject to hydrolysis) is 1. The van der Waals surface area contributed by atoms with Crippen molar-refractivity contribution in [1.82, 2.24) is 25.8 Å². The van der Waals surface area contributed by atoms with E-state index in [9.17, 15) is 32.4 Å². The van der Waals surface area contributed by atoms with Gasteiger partial charge in [0.15, 0.2) is 8.87 Å². The first kappa shape index (κ1) is 52.3. The van der Waals surface area contributed by atoms with Crippen molar-refractivity contribution < 1.29 is 60.8 Å². The number of nitrogens with one attached hydrogen (secondary N) is 3. The number of carbonyl (C=O) groups is 5. The second kappa shape index (κ2) is 24.2. The van der Waals surface area contributed by atoms with Crippen molar-refractivity contribution in [1.29, 1.82) is 0 Å². The Labute approximate surface area is 372 Å². The first-order chi connectivity index (χ1) is 28.9. The molecule has 5 atom stereocenters. The molecule has 0 spiro atoms. The highest BCUT2D eigenvalue weighted by Gasteiger charge is 2.46. The summed E-state index contributed by atoms with van der Waals surface area (Å²) < 4.78 is 56.0. The Morgan fingerprint density at radius 1 is 0.935 bits per heavy atom. The van der Waals surface area contributed by atoms with E-state index in [-0.39, 0.29) is 65.7 Å². The first-order valence-electron chi connectivity index (χ1n) is 20.3. The molecule has 348 valence electrons. The summed E-state index contributed by atoms with van der Waals surface area (Å²) in [6.07, 6.45) is -2.38. The van der Waals surface area contributed by atoms with Crippen LogP contribution in [0.1, 0.15) is 73.1 Å². The van der Waals surface area contributed by atoms with Gasteiger partial charge in [0.05, 0.1) is 60.9 Å². The third kappa shape index (κ3) is 18.8. The fourth-order valence-corrected chi connectivity index (χ4v) is 9.66. The van der Waals surface area contributed by atoms with Gasteiger partial charge in [-0.1, -0.05) is 45.0 Å². The van der Waals surface area contributed by atoms with E-state index in [1.807, 2.05) is 31.2 Å². The molecule has 2 unspecified atom stereocenters. The lowest BCUT2D eigenvalue weighted by Gasteiger charge is -2.35. The van der Waals surface area contributed by atoms with Gasteiger partial charge in [-0.05, 0) is 68.9 Å². The van der Waals surface area contributed by atoms with Crippen molar-refractivity contribution in [3.63, 3.8) is 0 Å². The number of amides is 4. The quantitative estimate of drug-likeness (QED) is 0.0843. The van der Waals surface area contributed by atoms with E-state index in [0.29, 0.717) is 10.8 Å². The van der Waals surface area contributed by atoms with Crippen LogP contribution in [0.15, 0.2) is 29.8 Å². The second-order valence-corrected chi connectivity index (χ2v) is 22.4. The lowest BCUT2D eigenvalue weighted by Crippen LogP contribution is -2.58. The van der Waals surface area contributed by atoms with E-state index in [2.05, 4.69) is 20.9 Å². The van der Waals surface area contributed by atoms with Crippen molar-refractivity contribution in [3.8, 4) is 10.4 Å². The molecule has 4 amide bonds. The van der Waals surface area contributed by atoms with Crippen LogP contribution in [0, 0.1) is 12.3 Å². The van der Waals surface area contributed by atoms with E-state index < -0.39 is 79.4 Å². The number of likely N-dealkylation sites (tertiary alicyclic amines) is 1. The summed E-state index contributed by atoms with van der Waals surface area (Å²) >= 11 is 1.53. The molecule has 1 fully saturated rings. The molecule has 3 rings (SSSR count). The predicted molar refractivity (Wildman–Crippen MR) is 235 cm³/mol. The molecule has 18 nitrogen and oxygen atoms in total. The van der Waals surface area contributed by atoms with Crippen LogP contribution >= 0.6 is 22.1 Å². The summed E-state index contributed by atoms with van der Waals surface area (Å²) in [5, 5.41) is 7.66. The Kier molecular flexibility index (Phi) is 20.4. The molecular weight excluding hydrogens is 867 g/mol. The largest absolute Gasteiger partial charge is 0.508 e. The highest BCUT2D eigenvalue weighted by molar-refractivity contribution is 8.72. The van der Waals surface area contributed by atoms with Crippen LogP contribution in [0.4, 0.5) is 9.59 Å². The van der Waals surface area contributed by atoms with Gasteiger partial charge in [-0.15, -0.1) is 11.3 Å². The van der Waals surface area contributed by atoms with Crippen molar-refractivity contribution in [3.05, 3.63) is 41.0 Å². The van der Waals surface area contributed by atoms with Gasteiger partial charge in [-0.25, -0.2) is 23.0 Å². The van der Waals surface area contributed by atoms with Gasteiger partial charge in [0, 0.05) is 25.8 Å². The maximum Gasteiger partial charge on any atom is 0.508 e. The molecule has 0 saturated carbocycles. The van der Waals surface area contributed by atoms with Crippen molar-refractivity contribution in [2.45, 2.75) is 110 Å². The third-order valence-corrected chi connectivity index (χ3v) is 13.1. The smallest absolute Gasteiger partial charge is 0.444 e. The molecule has 3 N–H and O–H groups in total. The Hall–Kier alpha value is -4.02. The van der Waals surface area contributed by atoms with Crippen molar-refractivity contribution in [2.75, 3.05) is 59.0 Å². The summed E-state index contributed by atoms with van der Waals surface area (Å²) in [5.41, 5.74) is 3.10. The van der Waals surface area contributed by atoms with Crippen LogP contribution in [0.25, 0.3) is 10.4 Å². The van der Waals surface area contributed by atoms with E-state index >= 15 is 0 Å². The average molecular weight is 930 g/mol. The molecule has 0 bridgehead atoms. The molecule has 62 heavy (non-hydrogen) atoms. The number of nitrogens with zero attached hydrogens (tertiary/aromatic N) is 2. The standard InChI is InChI=1S/C41H63N5O13S3/c1-26-34(60-25-44-26)30-13-11-29(12-14-30)22-43-36(48)32-21-31(58-39(51)57-27(2)28(3)61-62(10,52)53)23-46(32)37(49)35(40(4,5)6)45-33(47)24-56-20-19-55-18-17-54-16-15-42-38(50)59-41(7,8)9/h11-14,25,27-28,31-32,35H,15-24H2,1-10H3,(H,42,50)(H,43,48)(H,45,47)/t27?,28?,31-,32+,35-/m1/s1. The molecule has 21 heteroatoms. The van der Waals surface area contributed by atoms with Gasteiger partial charge in [-0.2, -0.15) is 0 Å². The van der Waals surface area contributed by atoms with E-state index in [0.717, 1.165) is 28.0 Å². The first-order valence-corrected chi connectivity index (χ1v) is 24.4. The number of carbonyl (C=O) groups excluding carboxylic acids is 5. The highest BCUT2D eigenvalue weighted by atomic mass is 33.1. The number of aromatic nitrogens is 1. The fourth-order valence-electron chi connectivity index (χ4n) is 5.96. The number of benzene rings is 1. The van der Waals surface area contributed by atoms with E-state index in [1.165, 1.54) is 23.2 Å². The number of hydrogen-bond donors (Lipinski definition) is 3. The topological polar surface area (TPSA) is 227 Å². The van der Waals surface area contributed by atoms with Gasteiger partial charge in [0.2, 0.25) is 17.7 Å². The normalized spacial score (nSPS) is 17.1. The zero-order valence-corrected chi connectivity index (χ0v) is 39.7. The number of ether oxygens (including phenoxy) is 6. The van der Waals surface area contributed by atoms with Crippen LogP contribution in [0.3, 0.4) is 0 Å². The van der Waals surface area contributed by atoms with E-state index in [1.54, 1.807) is 54.0 Å². The molecular formula is C41H63N5O13S3. The minimum Gasteiger partial charge on any atom is -0.444 e. The summed E-state index contributed by atoms with van der Waals surface area (Å²) in [6, 6.07) is 5.50.